The molecule has 1 aliphatic rings. The number of carbonyl (C=O) groups is 1. The lowest BCUT2D eigenvalue weighted by Gasteiger charge is -2.19. The van der Waals surface area contributed by atoms with Gasteiger partial charge in [0.2, 0.25) is 0 Å². The number of fused-ring (bicyclic) bond motifs is 1. The summed E-state index contributed by atoms with van der Waals surface area (Å²) in [6, 6.07) is 5.01. The zero-order valence-corrected chi connectivity index (χ0v) is 9.83. The van der Waals surface area contributed by atoms with Gasteiger partial charge in [0.1, 0.15) is 5.82 Å². The Bertz CT molecular complexity index is 463. The van der Waals surface area contributed by atoms with Crippen LogP contribution in [0.15, 0.2) is 24.3 Å². The smallest absolute Gasteiger partial charge is 0.331 e. The number of carbonyl (C=O) groups excluding carboxylic acids is 1. The Morgan fingerprint density at radius 2 is 2.29 bits per heavy atom. The molecule has 90 valence electrons. The molecule has 0 unspecified atom stereocenters. The summed E-state index contributed by atoms with van der Waals surface area (Å²) < 4.78 is 18.5. The Hall–Kier alpha value is -1.64. The molecule has 2 nitrogen and oxygen atoms in total. The molecule has 0 spiro atoms. The highest BCUT2D eigenvalue weighted by Crippen LogP contribution is 2.32. The Labute approximate surface area is 100 Å². The molecule has 0 radical (unpaired) electrons. The van der Waals surface area contributed by atoms with Crippen LogP contribution in [0.1, 0.15) is 30.9 Å². The van der Waals surface area contributed by atoms with Gasteiger partial charge in [0.25, 0.3) is 0 Å². The van der Waals surface area contributed by atoms with Crippen LogP contribution in [0, 0.1) is 5.82 Å². The van der Waals surface area contributed by atoms with Crippen molar-refractivity contribution in [3.63, 3.8) is 0 Å². The molecule has 0 saturated carbocycles. The Balaban J connectivity index is 2.35. The van der Waals surface area contributed by atoms with Crippen molar-refractivity contribution in [2.45, 2.75) is 26.2 Å². The zero-order valence-electron chi connectivity index (χ0n) is 9.83. The minimum atomic E-state index is -0.348. The van der Waals surface area contributed by atoms with Gasteiger partial charge in [-0.2, -0.15) is 0 Å². The normalized spacial score (nSPS) is 16.7. The molecule has 0 N–H and O–H groups in total. The summed E-state index contributed by atoms with van der Waals surface area (Å²) in [5.74, 6) is -0.531. The molecule has 1 aromatic carbocycles. The molecule has 0 fully saturated rings. The number of allylic oxidation sites excluding steroid dienone is 1. The van der Waals surface area contributed by atoms with Crippen molar-refractivity contribution in [1.82, 2.24) is 0 Å². The third-order valence-electron chi connectivity index (χ3n) is 2.92. The molecule has 0 aliphatic heterocycles. The first-order valence-electron chi connectivity index (χ1n) is 5.87. The van der Waals surface area contributed by atoms with Crippen molar-refractivity contribution >= 4 is 11.5 Å². The largest absolute Gasteiger partial charge is 0.463 e. The summed E-state index contributed by atoms with van der Waals surface area (Å²) in [4.78, 5) is 11.4. The van der Waals surface area contributed by atoms with Crippen LogP contribution < -0.4 is 0 Å². The molecule has 3 heteroatoms. The van der Waals surface area contributed by atoms with Crippen molar-refractivity contribution in [1.29, 1.82) is 0 Å². The highest BCUT2D eigenvalue weighted by atomic mass is 19.1. The van der Waals surface area contributed by atoms with E-state index in [4.69, 9.17) is 4.74 Å². The maximum atomic E-state index is 13.6. The molecule has 17 heavy (non-hydrogen) atoms. The lowest BCUT2D eigenvalue weighted by Crippen LogP contribution is -2.07. The summed E-state index contributed by atoms with van der Waals surface area (Å²) in [6.45, 7) is 2.13. The van der Waals surface area contributed by atoms with Crippen LogP contribution in [0.5, 0.6) is 0 Å². The molecule has 1 aromatic rings. The first kappa shape index (κ1) is 11.8. The monoisotopic (exact) mass is 234 g/mol. The van der Waals surface area contributed by atoms with Crippen molar-refractivity contribution in [3.05, 3.63) is 41.2 Å². The van der Waals surface area contributed by atoms with Crippen LogP contribution in [0.25, 0.3) is 5.57 Å². The van der Waals surface area contributed by atoms with Crippen LogP contribution in [0.3, 0.4) is 0 Å². The molecule has 0 heterocycles. The van der Waals surface area contributed by atoms with Gasteiger partial charge in [0.15, 0.2) is 0 Å². The van der Waals surface area contributed by atoms with Gasteiger partial charge in [-0.25, -0.2) is 9.18 Å². The highest BCUT2D eigenvalue weighted by Gasteiger charge is 2.18. The van der Waals surface area contributed by atoms with E-state index in [-0.39, 0.29) is 11.8 Å². The first-order chi connectivity index (χ1) is 8.22. The lowest BCUT2D eigenvalue weighted by molar-refractivity contribution is -0.137. The van der Waals surface area contributed by atoms with Gasteiger partial charge in [-0.3, -0.25) is 0 Å². The van der Waals surface area contributed by atoms with Gasteiger partial charge in [-0.05, 0) is 49.0 Å². The van der Waals surface area contributed by atoms with Crippen molar-refractivity contribution in [2.75, 3.05) is 6.61 Å². The molecule has 0 amide bonds. The van der Waals surface area contributed by atoms with Gasteiger partial charge >= 0.3 is 5.97 Å². The topological polar surface area (TPSA) is 26.3 Å². The molecular formula is C14H15FO2. The lowest BCUT2D eigenvalue weighted by atomic mass is 9.87. The fourth-order valence-corrected chi connectivity index (χ4v) is 2.18. The number of ether oxygens (including phenoxy) is 1. The van der Waals surface area contributed by atoms with E-state index in [1.165, 1.54) is 12.1 Å². The summed E-state index contributed by atoms with van der Waals surface area (Å²) in [7, 11) is 0. The summed E-state index contributed by atoms with van der Waals surface area (Å²) in [5, 5.41) is 0. The predicted octanol–water partition coefficient (Wildman–Crippen LogP) is 3.11. The third kappa shape index (κ3) is 2.54. The van der Waals surface area contributed by atoms with Gasteiger partial charge in [-0.1, -0.05) is 12.1 Å². The second-order valence-corrected chi connectivity index (χ2v) is 4.04. The van der Waals surface area contributed by atoms with E-state index in [1.807, 2.05) is 6.07 Å². The number of hydrogen-bond acceptors (Lipinski definition) is 2. The van der Waals surface area contributed by atoms with Gasteiger partial charge in [0, 0.05) is 6.08 Å². The van der Waals surface area contributed by atoms with Crippen LogP contribution in [-0.4, -0.2) is 12.6 Å². The molecule has 2 rings (SSSR count). The average molecular weight is 234 g/mol. The van der Waals surface area contributed by atoms with Crippen LogP contribution >= 0.6 is 0 Å². The van der Waals surface area contributed by atoms with E-state index in [0.29, 0.717) is 12.2 Å². The second-order valence-electron chi connectivity index (χ2n) is 4.04. The average Bonchev–Trinajstić information content (AvgIpc) is 2.31. The van der Waals surface area contributed by atoms with Gasteiger partial charge in [0.05, 0.1) is 6.61 Å². The van der Waals surface area contributed by atoms with E-state index < -0.39 is 0 Å². The van der Waals surface area contributed by atoms with Gasteiger partial charge in [-0.15, -0.1) is 0 Å². The van der Waals surface area contributed by atoms with Crippen molar-refractivity contribution < 1.29 is 13.9 Å². The maximum absolute atomic E-state index is 13.6. The summed E-state index contributed by atoms with van der Waals surface area (Å²) >= 11 is 0. The Kier molecular flexibility index (Phi) is 3.57. The van der Waals surface area contributed by atoms with E-state index in [9.17, 15) is 9.18 Å². The summed E-state index contributed by atoms with van der Waals surface area (Å²) in [6.07, 6.45) is 3.90. The van der Waals surface area contributed by atoms with Crippen LogP contribution in [-0.2, 0) is 16.0 Å². The maximum Gasteiger partial charge on any atom is 0.331 e. The SMILES string of the molecule is CCOC(=O)/C=C1\CCCc2c(F)cccc21. The molecule has 0 bridgehead atoms. The fourth-order valence-electron chi connectivity index (χ4n) is 2.18. The molecule has 1 aliphatic carbocycles. The molecular weight excluding hydrogens is 219 g/mol. The summed E-state index contributed by atoms with van der Waals surface area (Å²) in [5.41, 5.74) is 2.45. The second kappa shape index (κ2) is 5.13. The van der Waals surface area contributed by atoms with Crippen molar-refractivity contribution in [3.8, 4) is 0 Å². The third-order valence-corrected chi connectivity index (χ3v) is 2.92. The number of halogens is 1. The van der Waals surface area contributed by atoms with E-state index in [0.717, 1.165) is 30.4 Å². The van der Waals surface area contributed by atoms with Crippen LogP contribution in [0.4, 0.5) is 4.39 Å². The minimum absolute atomic E-state index is 0.183. The number of rotatable bonds is 2. The quantitative estimate of drug-likeness (QED) is 0.580. The van der Waals surface area contributed by atoms with E-state index in [2.05, 4.69) is 0 Å². The van der Waals surface area contributed by atoms with Crippen LogP contribution in [0.2, 0.25) is 0 Å². The standard InChI is InChI=1S/C14H15FO2/c1-2-17-14(16)9-10-5-3-7-12-11(10)6-4-8-13(12)15/h4,6,8-9H,2-3,5,7H2,1H3/b10-9+. The van der Waals surface area contributed by atoms with Crippen molar-refractivity contribution in [2.24, 2.45) is 0 Å². The van der Waals surface area contributed by atoms with E-state index in [1.54, 1.807) is 13.0 Å². The fraction of sp³-hybridized carbons (Fsp3) is 0.357. The Morgan fingerprint density at radius 3 is 3.06 bits per heavy atom. The molecule has 0 aromatic heterocycles. The minimum Gasteiger partial charge on any atom is -0.463 e. The van der Waals surface area contributed by atoms with Gasteiger partial charge < -0.3 is 4.74 Å². The molecule has 0 saturated heterocycles. The molecule has 0 atom stereocenters. The number of esters is 1. The number of benzene rings is 1. The highest BCUT2D eigenvalue weighted by molar-refractivity contribution is 5.92. The predicted molar refractivity (Wildman–Crippen MR) is 63.9 cm³/mol. The Morgan fingerprint density at radius 1 is 1.47 bits per heavy atom. The zero-order chi connectivity index (χ0) is 12.3. The van der Waals surface area contributed by atoms with E-state index >= 15 is 0 Å². The number of hydrogen-bond donors (Lipinski definition) is 0. The first-order valence-corrected chi connectivity index (χ1v) is 5.87.